The van der Waals surface area contributed by atoms with E-state index in [9.17, 15) is 4.79 Å². The van der Waals surface area contributed by atoms with Gasteiger partial charge in [0.2, 0.25) is 0 Å². The quantitative estimate of drug-likeness (QED) is 0.531. The Morgan fingerprint density at radius 2 is 1.97 bits per heavy atom. The predicted molar refractivity (Wildman–Crippen MR) is 121 cm³/mol. The Morgan fingerprint density at radius 1 is 1.10 bits per heavy atom. The molecule has 3 N–H and O–H groups in total. The third-order valence-electron chi connectivity index (χ3n) is 5.80. The Bertz CT molecular complexity index is 1280. The van der Waals surface area contributed by atoms with Crippen LogP contribution in [0.1, 0.15) is 16.7 Å². The van der Waals surface area contributed by atoms with E-state index in [4.69, 9.17) is 5.73 Å². The highest BCUT2D eigenvalue weighted by Crippen LogP contribution is 2.31. The number of rotatable bonds is 4. The number of anilines is 2. The average Bonchev–Trinajstić information content (AvgIpc) is 3.36. The second-order valence-electron chi connectivity index (χ2n) is 7.88. The molecule has 0 spiro atoms. The van der Waals surface area contributed by atoms with Gasteiger partial charge in [-0.15, -0.1) is 0 Å². The number of H-pyrrole nitrogens is 1. The van der Waals surface area contributed by atoms with Gasteiger partial charge in [0, 0.05) is 43.2 Å². The molecule has 2 amide bonds. The molecule has 5 rings (SSSR count). The van der Waals surface area contributed by atoms with Crippen LogP contribution in [-0.2, 0) is 6.54 Å². The van der Waals surface area contributed by atoms with Gasteiger partial charge in [0.1, 0.15) is 23.6 Å². The fourth-order valence-electron chi connectivity index (χ4n) is 4.04. The molecular weight excluding hydrogens is 390 g/mol. The van der Waals surface area contributed by atoms with Crippen molar-refractivity contribution in [3.63, 3.8) is 0 Å². The van der Waals surface area contributed by atoms with E-state index < -0.39 is 0 Å². The largest absolute Gasteiger partial charge is 0.383 e. The lowest BCUT2D eigenvalue weighted by atomic mass is 10.1. The van der Waals surface area contributed by atoms with E-state index in [1.165, 1.54) is 23.0 Å². The van der Waals surface area contributed by atoms with Gasteiger partial charge in [-0.2, -0.15) is 0 Å². The summed E-state index contributed by atoms with van der Waals surface area (Å²) in [6.07, 6.45) is 5.03. The Balaban J connectivity index is 1.36. The number of nitrogens with zero attached hydrogens (tertiary/aromatic N) is 5. The van der Waals surface area contributed by atoms with Crippen LogP contribution in [0, 0.1) is 13.8 Å². The van der Waals surface area contributed by atoms with Gasteiger partial charge in [0.25, 0.3) is 0 Å². The van der Waals surface area contributed by atoms with Crippen LogP contribution in [0.4, 0.5) is 16.4 Å². The minimum Gasteiger partial charge on any atom is -0.383 e. The van der Waals surface area contributed by atoms with Crippen molar-refractivity contribution in [3.8, 4) is 11.1 Å². The highest BCUT2D eigenvalue weighted by molar-refractivity contribution is 6.00. The molecule has 1 saturated heterocycles. The zero-order valence-electron chi connectivity index (χ0n) is 17.5. The number of nitrogens with one attached hydrogen (secondary N) is 1. The maximum absolute atomic E-state index is 13.0. The highest BCUT2D eigenvalue weighted by atomic mass is 16.2. The third kappa shape index (κ3) is 3.35. The van der Waals surface area contributed by atoms with Crippen LogP contribution in [0.25, 0.3) is 22.2 Å². The zero-order valence-corrected chi connectivity index (χ0v) is 17.5. The molecule has 0 unspecified atom stereocenters. The third-order valence-corrected chi connectivity index (χ3v) is 5.80. The van der Waals surface area contributed by atoms with Gasteiger partial charge in [0.05, 0.1) is 5.39 Å². The van der Waals surface area contributed by atoms with Crippen LogP contribution in [0.3, 0.4) is 0 Å². The van der Waals surface area contributed by atoms with Crippen LogP contribution in [0.2, 0.25) is 0 Å². The topological polar surface area (TPSA) is 104 Å². The number of aryl methyl sites for hydroxylation is 2. The molecule has 1 fully saturated rings. The molecule has 0 saturated carbocycles. The molecule has 0 radical (unpaired) electrons. The fourth-order valence-corrected chi connectivity index (χ4v) is 4.04. The Hall–Kier alpha value is -3.94. The first kappa shape index (κ1) is 19.0. The van der Waals surface area contributed by atoms with E-state index in [0.29, 0.717) is 36.9 Å². The first-order valence-corrected chi connectivity index (χ1v) is 10.2. The number of benzene rings is 1. The molecule has 1 aromatic carbocycles. The standard InChI is InChI=1S/C23H23N7O/c1-14-3-4-15(2)17(9-14)12-29-7-8-30(23(29)31)19-6-5-16(10-25-19)18-11-26-22-20(18)21(24)27-13-28-22/h3-6,9-11,13H,7-8,12H2,1-2H3,(H3,24,26,27,28). The van der Waals surface area contributed by atoms with Gasteiger partial charge in [-0.1, -0.05) is 23.8 Å². The van der Waals surface area contributed by atoms with E-state index in [2.05, 4.69) is 52.0 Å². The Kier molecular flexibility index (Phi) is 4.54. The van der Waals surface area contributed by atoms with Crippen molar-refractivity contribution in [1.29, 1.82) is 0 Å². The lowest BCUT2D eigenvalue weighted by Crippen LogP contribution is -2.32. The number of aromatic amines is 1. The number of hydrogen-bond acceptors (Lipinski definition) is 5. The molecule has 31 heavy (non-hydrogen) atoms. The normalized spacial score (nSPS) is 14.1. The number of nitrogen functional groups attached to an aromatic ring is 1. The van der Waals surface area contributed by atoms with Crippen LogP contribution >= 0.6 is 0 Å². The Labute approximate surface area is 179 Å². The van der Waals surface area contributed by atoms with Crippen molar-refractivity contribution in [1.82, 2.24) is 24.8 Å². The SMILES string of the molecule is Cc1ccc(C)c(CN2CCN(c3ccc(-c4c[nH]c5ncnc(N)c45)cn3)C2=O)c1. The smallest absolute Gasteiger partial charge is 0.326 e. The summed E-state index contributed by atoms with van der Waals surface area (Å²) in [6, 6.07) is 10.1. The van der Waals surface area contributed by atoms with Crippen molar-refractivity contribution in [3.05, 3.63) is 65.7 Å². The summed E-state index contributed by atoms with van der Waals surface area (Å²) in [7, 11) is 0. The van der Waals surface area contributed by atoms with Crippen molar-refractivity contribution >= 4 is 28.7 Å². The molecule has 4 aromatic rings. The lowest BCUT2D eigenvalue weighted by molar-refractivity contribution is 0.218. The number of aromatic nitrogens is 4. The van der Waals surface area contributed by atoms with Gasteiger partial charge in [0.15, 0.2) is 0 Å². The molecule has 0 bridgehead atoms. The highest BCUT2D eigenvalue weighted by Gasteiger charge is 2.30. The van der Waals surface area contributed by atoms with Crippen LogP contribution in [-0.4, -0.2) is 44.0 Å². The summed E-state index contributed by atoms with van der Waals surface area (Å²) >= 11 is 0. The van der Waals surface area contributed by atoms with Gasteiger partial charge in [-0.05, 0) is 37.1 Å². The summed E-state index contributed by atoms with van der Waals surface area (Å²) in [4.78, 5) is 32.6. The average molecular weight is 413 g/mol. The molecule has 0 aliphatic carbocycles. The molecule has 3 aromatic heterocycles. The maximum atomic E-state index is 13.0. The summed E-state index contributed by atoms with van der Waals surface area (Å²) in [5, 5.41) is 0.772. The van der Waals surface area contributed by atoms with Crippen molar-refractivity contribution < 1.29 is 4.79 Å². The fraction of sp³-hybridized carbons (Fsp3) is 0.217. The summed E-state index contributed by atoms with van der Waals surface area (Å²) < 4.78 is 0. The second kappa shape index (κ2) is 7.39. The predicted octanol–water partition coefficient (Wildman–Crippen LogP) is 3.66. The number of urea groups is 1. The number of pyridine rings is 1. The zero-order chi connectivity index (χ0) is 21.5. The lowest BCUT2D eigenvalue weighted by Gasteiger charge is -2.19. The number of carbonyl (C=O) groups is 1. The minimum atomic E-state index is -0.0223. The van der Waals surface area contributed by atoms with Gasteiger partial charge < -0.3 is 15.6 Å². The summed E-state index contributed by atoms with van der Waals surface area (Å²) in [6.45, 7) is 6.04. The molecule has 156 valence electrons. The van der Waals surface area contributed by atoms with E-state index in [1.807, 2.05) is 23.2 Å². The second-order valence-corrected chi connectivity index (χ2v) is 7.88. The minimum absolute atomic E-state index is 0.0223. The number of hydrogen-bond donors (Lipinski definition) is 2. The summed E-state index contributed by atoms with van der Waals surface area (Å²) in [5.41, 5.74) is 12.1. The number of nitrogens with two attached hydrogens (primary N) is 1. The molecule has 1 aliphatic heterocycles. The number of amides is 2. The molecule has 0 atom stereocenters. The van der Waals surface area contributed by atoms with Gasteiger partial charge >= 0.3 is 6.03 Å². The van der Waals surface area contributed by atoms with Crippen molar-refractivity contribution in [2.45, 2.75) is 20.4 Å². The Morgan fingerprint density at radius 3 is 2.77 bits per heavy atom. The molecular formula is C23H23N7O. The van der Waals surface area contributed by atoms with Crippen LogP contribution in [0.5, 0.6) is 0 Å². The summed E-state index contributed by atoms with van der Waals surface area (Å²) in [5.74, 6) is 1.06. The first-order chi connectivity index (χ1) is 15.0. The van der Waals surface area contributed by atoms with Crippen LogP contribution < -0.4 is 10.6 Å². The molecule has 8 nitrogen and oxygen atoms in total. The monoisotopic (exact) mass is 413 g/mol. The van der Waals surface area contributed by atoms with E-state index in [-0.39, 0.29) is 6.03 Å². The molecule has 8 heteroatoms. The molecule has 4 heterocycles. The van der Waals surface area contributed by atoms with Gasteiger partial charge in [-0.25, -0.2) is 19.7 Å². The van der Waals surface area contributed by atoms with Crippen LogP contribution in [0.15, 0.2) is 49.1 Å². The van der Waals surface area contributed by atoms with Crippen molar-refractivity contribution in [2.75, 3.05) is 23.7 Å². The van der Waals surface area contributed by atoms with E-state index in [1.54, 1.807) is 11.1 Å². The maximum Gasteiger partial charge on any atom is 0.326 e. The van der Waals surface area contributed by atoms with E-state index >= 15 is 0 Å². The number of carbonyl (C=O) groups excluding carboxylic acids is 1. The first-order valence-electron chi connectivity index (χ1n) is 10.2. The molecule has 1 aliphatic rings. The van der Waals surface area contributed by atoms with Gasteiger partial charge in [-0.3, -0.25) is 4.90 Å². The van der Waals surface area contributed by atoms with E-state index in [0.717, 1.165) is 16.5 Å². The number of fused-ring (bicyclic) bond motifs is 1. The van der Waals surface area contributed by atoms with Crippen molar-refractivity contribution in [2.24, 2.45) is 0 Å².